The molecule has 2 aliphatic rings. The van der Waals surface area contributed by atoms with Crippen LogP contribution in [0.25, 0.3) is 11.1 Å². The molecule has 2 aromatic carbocycles. The lowest BCUT2D eigenvalue weighted by Gasteiger charge is -2.34. The van der Waals surface area contributed by atoms with E-state index in [0.717, 1.165) is 16.7 Å². The molecule has 7 heteroatoms. The Bertz CT molecular complexity index is 948. The highest BCUT2D eigenvalue weighted by molar-refractivity contribution is 6.71. The zero-order valence-electron chi connectivity index (χ0n) is 21.3. The molecule has 0 bridgehead atoms. The van der Waals surface area contributed by atoms with Crippen molar-refractivity contribution in [1.82, 2.24) is 0 Å². The lowest BCUT2D eigenvalue weighted by atomic mass is 9.37. The van der Waals surface area contributed by atoms with E-state index in [-0.39, 0.29) is 5.82 Å². The Morgan fingerprint density at radius 3 is 1.21 bits per heavy atom. The van der Waals surface area contributed by atoms with Gasteiger partial charge in [0.2, 0.25) is 0 Å². The van der Waals surface area contributed by atoms with Crippen molar-refractivity contribution < 1.29 is 23.0 Å². The second kappa shape index (κ2) is 7.67. The Hall–Kier alpha value is -1.66. The van der Waals surface area contributed by atoms with Crippen molar-refractivity contribution in [1.29, 1.82) is 0 Å². The maximum atomic E-state index is 13.4. The van der Waals surface area contributed by atoms with Crippen LogP contribution in [0.2, 0.25) is 0 Å². The van der Waals surface area contributed by atoms with Gasteiger partial charge >= 0.3 is 14.2 Å². The first-order valence-electron chi connectivity index (χ1n) is 11.7. The van der Waals surface area contributed by atoms with Gasteiger partial charge in [0.25, 0.3) is 0 Å². The fraction of sp³-hybridized carbons (Fsp3) is 0.538. The maximum Gasteiger partial charge on any atom is 0.466 e. The Balaban J connectivity index is 1.76. The molecule has 2 saturated heterocycles. The van der Waals surface area contributed by atoms with Crippen LogP contribution in [0.3, 0.4) is 0 Å². The molecule has 2 aromatic rings. The summed E-state index contributed by atoms with van der Waals surface area (Å²) < 4.78 is 39.5. The molecule has 0 aromatic heterocycles. The van der Waals surface area contributed by atoms with Gasteiger partial charge in [0.1, 0.15) is 5.82 Å². The molecule has 0 atom stereocenters. The van der Waals surface area contributed by atoms with Gasteiger partial charge in [0.05, 0.1) is 27.6 Å². The summed E-state index contributed by atoms with van der Waals surface area (Å²) >= 11 is 0. The molecule has 0 amide bonds. The van der Waals surface area contributed by atoms with Gasteiger partial charge in [-0.25, -0.2) is 4.39 Å². The summed E-state index contributed by atoms with van der Waals surface area (Å²) in [6, 6.07) is 14.7. The molecule has 0 spiro atoms. The van der Waals surface area contributed by atoms with Crippen molar-refractivity contribution in [3.05, 3.63) is 59.9 Å². The van der Waals surface area contributed by atoms with Gasteiger partial charge in [-0.3, -0.25) is 0 Å². The number of hydrogen-bond donors (Lipinski definition) is 0. The third-order valence-electron chi connectivity index (χ3n) is 8.17. The van der Waals surface area contributed by atoms with Crippen LogP contribution in [-0.4, -0.2) is 36.6 Å². The molecule has 0 radical (unpaired) electrons. The van der Waals surface area contributed by atoms with Gasteiger partial charge in [-0.15, -0.1) is 0 Å². The number of benzene rings is 2. The van der Waals surface area contributed by atoms with Crippen molar-refractivity contribution in [2.24, 2.45) is 0 Å². The van der Waals surface area contributed by atoms with E-state index in [2.05, 4.69) is 74.4 Å². The van der Waals surface area contributed by atoms with Crippen molar-refractivity contribution in [2.75, 3.05) is 0 Å². The molecule has 176 valence electrons. The summed E-state index contributed by atoms with van der Waals surface area (Å²) in [4.78, 5) is 0. The third-order valence-corrected chi connectivity index (χ3v) is 8.17. The second-order valence-corrected chi connectivity index (χ2v) is 11.5. The summed E-state index contributed by atoms with van der Waals surface area (Å²) in [7, 11) is -1.15. The summed E-state index contributed by atoms with van der Waals surface area (Å²) in [6.45, 7) is 18.5. The highest BCUT2D eigenvalue weighted by atomic mass is 19.1. The first-order valence-corrected chi connectivity index (χ1v) is 11.7. The van der Waals surface area contributed by atoms with Crippen molar-refractivity contribution in [2.45, 2.75) is 89.9 Å². The van der Waals surface area contributed by atoms with Gasteiger partial charge in [-0.1, -0.05) is 43.3 Å². The van der Waals surface area contributed by atoms with Gasteiger partial charge in [0, 0.05) is 0 Å². The van der Waals surface area contributed by atoms with E-state index in [1.54, 1.807) is 12.1 Å². The average molecular weight is 452 g/mol. The van der Waals surface area contributed by atoms with Gasteiger partial charge in [-0.05, 0) is 84.2 Å². The molecule has 0 saturated carbocycles. The highest BCUT2D eigenvalue weighted by Gasteiger charge is 2.68. The first kappa shape index (κ1) is 24.5. The van der Waals surface area contributed by atoms with Crippen LogP contribution in [0.4, 0.5) is 4.39 Å². The lowest BCUT2D eigenvalue weighted by molar-refractivity contribution is 0.00578. The standard InChI is InChI=1S/C26H35B2FO4/c1-22(2)23(3,4)31-27(30-22)26(9,28-32-24(5,6)25(7,8)33-28)20-14-10-18(11-15-20)19-12-16-21(29)17-13-19/h10-17H,1-9H3. The zero-order valence-corrected chi connectivity index (χ0v) is 21.3. The molecule has 2 fully saturated rings. The molecule has 33 heavy (non-hydrogen) atoms. The lowest BCUT2D eigenvalue weighted by Crippen LogP contribution is -2.56. The van der Waals surface area contributed by atoms with Gasteiger partial charge in [-0.2, -0.15) is 0 Å². The molecule has 4 nitrogen and oxygen atoms in total. The molecular weight excluding hydrogens is 417 g/mol. The van der Waals surface area contributed by atoms with E-state index in [4.69, 9.17) is 18.6 Å². The Morgan fingerprint density at radius 1 is 0.576 bits per heavy atom. The predicted molar refractivity (Wildman–Crippen MR) is 131 cm³/mol. The number of rotatable bonds is 4. The first-order chi connectivity index (χ1) is 15.1. The second-order valence-electron chi connectivity index (χ2n) is 11.5. The molecule has 2 aliphatic heterocycles. The Morgan fingerprint density at radius 2 is 0.879 bits per heavy atom. The minimum Gasteiger partial charge on any atom is -0.403 e. The molecule has 0 unspecified atom stereocenters. The minimum atomic E-state index is -0.739. The SMILES string of the molecule is CC(B1OC(C)(C)C(C)(C)O1)(B1OC(C)(C)C(C)(C)O1)c1ccc(-c2ccc(F)cc2)cc1. The van der Waals surface area contributed by atoms with E-state index in [1.165, 1.54) is 12.1 Å². The summed E-state index contributed by atoms with van der Waals surface area (Å²) in [6.07, 6.45) is 0. The van der Waals surface area contributed by atoms with Crippen LogP contribution in [-0.2, 0) is 23.8 Å². The van der Waals surface area contributed by atoms with E-state index in [9.17, 15) is 4.39 Å². The van der Waals surface area contributed by atoms with Gasteiger partial charge in [0.15, 0.2) is 0 Å². The van der Waals surface area contributed by atoms with E-state index in [0.29, 0.717) is 0 Å². The molecular formula is C26H35B2FO4. The predicted octanol–water partition coefficient (Wildman–Crippen LogP) is 6.01. The maximum absolute atomic E-state index is 13.4. The Kier molecular flexibility index (Phi) is 5.69. The van der Waals surface area contributed by atoms with Crippen molar-refractivity contribution in [3.8, 4) is 11.1 Å². The minimum absolute atomic E-state index is 0.246. The average Bonchev–Trinajstić information content (AvgIpc) is 3.08. The zero-order chi connectivity index (χ0) is 24.4. The summed E-state index contributed by atoms with van der Waals surface area (Å²) in [5.41, 5.74) is 0.991. The largest absolute Gasteiger partial charge is 0.466 e. The van der Waals surface area contributed by atoms with E-state index in [1.807, 2.05) is 12.1 Å². The number of halogens is 1. The molecule has 0 aliphatic carbocycles. The van der Waals surface area contributed by atoms with E-state index < -0.39 is 41.9 Å². The van der Waals surface area contributed by atoms with Crippen LogP contribution in [0.5, 0.6) is 0 Å². The molecule has 0 N–H and O–H groups in total. The third kappa shape index (κ3) is 3.97. The highest BCUT2D eigenvalue weighted by Crippen LogP contribution is 2.49. The normalized spacial score (nSPS) is 23.2. The topological polar surface area (TPSA) is 36.9 Å². The fourth-order valence-electron chi connectivity index (χ4n) is 4.22. The van der Waals surface area contributed by atoms with E-state index >= 15 is 0 Å². The fourth-order valence-corrected chi connectivity index (χ4v) is 4.22. The quantitative estimate of drug-likeness (QED) is 0.533. The van der Waals surface area contributed by atoms with Crippen LogP contribution < -0.4 is 0 Å². The smallest absolute Gasteiger partial charge is 0.403 e. The van der Waals surface area contributed by atoms with Crippen molar-refractivity contribution >= 4 is 14.2 Å². The molecule has 2 heterocycles. The van der Waals surface area contributed by atoms with Gasteiger partial charge < -0.3 is 18.6 Å². The van der Waals surface area contributed by atoms with Crippen LogP contribution in [0.15, 0.2) is 48.5 Å². The van der Waals surface area contributed by atoms with Crippen LogP contribution >= 0.6 is 0 Å². The number of hydrogen-bond acceptors (Lipinski definition) is 4. The van der Waals surface area contributed by atoms with Crippen LogP contribution in [0, 0.1) is 5.82 Å². The summed E-state index contributed by atoms with van der Waals surface area (Å²) in [5, 5.41) is -0.739. The monoisotopic (exact) mass is 452 g/mol. The molecule has 4 rings (SSSR count). The van der Waals surface area contributed by atoms with Crippen LogP contribution in [0.1, 0.15) is 67.9 Å². The Labute approximate surface area is 198 Å². The summed E-state index contributed by atoms with van der Waals surface area (Å²) in [5.74, 6) is -0.246. The van der Waals surface area contributed by atoms with Crippen molar-refractivity contribution in [3.63, 3.8) is 0 Å².